The third-order valence-corrected chi connectivity index (χ3v) is 4.37. The number of benzene rings is 1. The first-order valence-corrected chi connectivity index (χ1v) is 9.17. The van der Waals surface area contributed by atoms with Gasteiger partial charge in [0, 0.05) is 23.6 Å². The van der Waals surface area contributed by atoms with Crippen LogP contribution in [0.15, 0.2) is 35.9 Å². The first kappa shape index (κ1) is 21.0. The number of hydrogen-bond acceptors (Lipinski definition) is 4. The second kappa shape index (κ2) is 9.56. The molecule has 0 saturated carbocycles. The van der Waals surface area contributed by atoms with Gasteiger partial charge in [-0.1, -0.05) is 24.6 Å². The summed E-state index contributed by atoms with van der Waals surface area (Å²) in [7, 11) is 0. The van der Waals surface area contributed by atoms with Crippen LogP contribution in [0.5, 0.6) is 0 Å². The minimum absolute atomic E-state index is 0.139. The zero-order valence-corrected chi connectivity index (χ0v) is 16.7. The monoisotopic (exact) mass is 379 g/mol. The van der Waals surface area contributed by atoms with Gasteiger partial charge in [-0.15, -0.1) is 0 Å². The van der Waals surface area contributed by atoms with E-state index in [9.17, 15) is 14.9 Å². The molecule has 2 rings (SSSR count). The molecule has 0 aliphatic rings. The Hall–Kier alpha value is -3.33. The molecule has 0 fully saturated rings. The minimum atomic E-state index is -0.818. The van der Waals surface area contributed by atoms with Gasteiger partial charge >= 0.3 is 5.97 Å². The number of aromatic nitrogens is 1. The SMILES string of the molecule is CCCn1c(C)cc(/C=C(\C#N)C(=O)OCC(=O)Nc2ccc(C)cc2)c1C. The van der Waals surface area contributed by atoms with Gasteiger partial charge in [0.2, 0.25) is 0 Å². The zero-order chi connectivity index (χ0) is 20.7. The van der Waals surface area contributed by atoms with Crippen LogP contribution in [0.2, 0.25) is 0 Å². The zero-order valence-electron chi connectivity index (χ0n) is 16.7. The molecule has 0 aliphatic heterocycles. The van der Waals surface area contributed by atoms with Crippen LogP contribution in [0.4, 0.5) is 5.69 Å². The number of nitrogens with zero attached hydrogens (tertiary/aromatic N) is 2. The van der Waals surface area contributed by atoms with Gasteiger partial charge < -0.3 is 14.6 Å². The average molecular weight is 379 g/mol. The van der Waals surface area contributed by atoms with Crippen LogP contribution in [-0.2, 0) is 20.9 Å². The lowest BCUT2D eigenvalue weighted by molar-refractivity contribution is -0.142. The van der Waals surface area contributed by atoms with Gasteiger partial charge in [-0.25, -0.2) is 4.79 Å². The molecular weight excluding hydrogens is 354 g/mol. The number of nitriles is 1. The summed E-state index contributed by atoms with van der Waals surface area (Å²) in [6.45, 7) is 8.39. The van der Waals surface area contributed by atoms with Crippen molar-refractivity contribution in [2.45, 2.75) is 40.7 Å². The van der Waals surface area contributed by atoms with Crippen molar-refractivity contribution in [1.29, 1.82) is 5.26 Å². The maximum atomic E-state index is 12.2. The van der Waals surface area contributed by atoms with Crippen LogP contribution < -0.4 is 5.32 Å². The van der Waals surface area contributed by atoms with Crippen molar-refractivity contribution in [2.24, 2.45) is 0 Å². The predicted octanol–water partition coefficient (Wildman–Crippen LogP) is 3.91. The summed E-state index contributed by atoms with van der Waals surface area (Å²) in [5.74, 6) is -1.28. The quantitative estimate of drug-likeness (QED) is 0.449. The molecule has 0 spiro atoms. The van der Waals surface area contributed by atoms with Gasteiger partial charge in [0.05, 0.1) is 0 Å². The molecule has 0 bridgehead atoms. The van der Waals surface area contributed by atoms with Crippen LogP contribution in [0.1, 0.15) is 35.9 Å². The molecule has 6 nitrogen and oxygen atoms in total. The Morgan fingerprint density at radius 1 is 1.21 bits per heavy atom. The summed E-state index contributed by atoms with van der Waals surface area (Å²) in [5, 5.41) is 12.0. The lowest BCUT2D eigenvalue weighted by Gasteiger charge is -2.07. The Morgan fingerprint density at radius 2 is 1.89 bits per heavy atom. The molecule has 1 heterocycles. The summed E-state index contributed by atoms with van der Waals surface area (Å²) >= 11 is 0. The minimum Gasteiger partial charge on any atom is -0.451 e. The molecule has 2 aromatic rings. The number of esters is 1. The Balaban J connectivity index is 2.02. The highest BCUT2D eigenvalue weighted by Crippen LogP contribution is 2.19. The number of aryl methyl sites for hydroxylation is 2. The van der Waals surface area contributed by atoms with Crippen molar-refractivity contribution >= 4 is 23.6 Å². The van der Waals surface area contributed by atoms with Crippen molar-refractivity contribution in [3.8, 4) is 6.07 Å². The number of carbonyl (C=O) groups excluding carboxylic acids is 2. The molecule has 0 radical (unpaired) electrons. The van der Waals surface area contributed by atoms with Gasteiger partial charge in [0.1, 0.15) is 11.6 Å². The van der Waals surface area contributed by atoms with E-state index in [4.69, 9.17) is 4.74 Å². The first-order valence-electron chi connectivity index (χ1n) is 9.17. The normalized spacial score (nSPS) is 11.0. The predicted molar refractivity (Wildman–Crippen MR) is 109 cm³/mol. The number of anilines is 1. The first-order chi connectivity index (χ1) is 13.3. The maximum Gasteiger partial charge on any atom is 0.349 e. The second-order valence-electron chi connectivity index (χ2n) is 6.64. The van der Waals surface area contributed by atoms with E-state index in [0.29, 0.717) is 5.69 Å². The summed E-state index contributed by atoms with van der Waals surface area (Å²) < 4.78 is 7.14. The molecule has 0 atom stereocenters. The van der Waals surface area contributed by atoms with E-state index in [1.165, 1.54) is 6.08 Å². The van der Waals surface area contributed by atoms with Gasteiger partial charge in [0.15, 0.2) is 6.61 Å². The number of amides is 1. The summed E-state index contributed by atoms with van der Waals surface area (Å²) in [6.07, 6.45) is 2.50. The van der Waals surface area contributed by atoms with Crippen molar-refractivity contribution < 1.29 is 14.3 Å². The largest absolute Gasteiger partial charge is 0.451 e. The van der Waals surface area contributed by atoms with Crippen LogP contribution in [0, 0.1) is 32.1 Å². The molecule has 0 unspecified atom stereocenters. The Kier molecular flexibility index (Phi) is 7.16. The molecule has 1 N–H and O–H groups in total. The van der Waals surface area contributed by atoms with Crippen LogP contribution >= 0.6 is 0 Å². The number of rotatable bonds is 7. The third kappa shape index (κ3) is 5.34. The van der Waals surface area contributed by atoms with E-state index >= 15 is 0 Å². The van der Waals surface area contributed by atoms with E-state index in [1.54, 1.807) is 12.1 Å². The Morgan fingerprint density at radius 3 is 2.50 bits per heavy atom. The lowest BCUT2D eigenvalue weighted by Crippen LogP contribution is -2.21. The highest BCUT2D eigenvalue weighted by Gasteiger charge is 2.15. The Labute approximate surface area is 165 Å². The van der Waals surface area contributed by atoms with E-state index in [-0.39, 0.29) is 5.57 Å². The number of nitrogens with one attached hydrogen (secondary N) is 1. The summed E-state index contributed by atoms with van der Waals surface area (Å²) in [6, 6.07) is 11.1. The molecule has 1 aromatic carbocycles. The van der Waals surface area contributed by atoms with E-state index < -0.39 is 18.5 Å². The van der Waals surface area contributed by atoms with Crippen molar-refractivity contribution in [3.05, 3.63) is 58.4 Å². The number of carbonyl (C=O) groups is 2. The van der Waals surface area contributed by atoms with Gasteiger partial charge in [-0.2, -0.15) is 5.26 Å². The van der Waals surface area contributed by atoms with Crippen LogP contribution in [-0.4, -0.2) is 23.1 Å². The van der Waals surface area contributed by atoms with Gasteiger partial charge in [0.25, 0.3) is 5.91 Å². The molecular formula is C22H25N3O3. The topological polar surface area (TPSA) is 84.1 Å². The molecule has 146 valence electrons. The smallest absolute Gasteiger partial charge is 0.349 e. The van der Waals surface area contributed by atoms with E-state index in [0.717, 1.165) is 35.5 Å². The van der Waals surface area contributed by atoms with E-state index in [2.05, 4.69) is 16.8 Å². The Bertz CT molecular complexity index is 931. The molecule has 0 aliphatic carbocycles. The van der Waals surface area contributed by atoms with Crippen LogP contribution in [0.25, 0.3) is 6.08 Å². The average Bonchev–Trinajstić information content (AvgIpc) is 2.93. The van der Waals surface area contributed by atoms with Crippen molar-refractivity contribution in [3.63, 3.8) is 0 Å². The van der Waals surface area contributed by atoms with Crippen LogP contribution in [0.3, 0.4) is 0 Å². The highest BCUT2D eigenvalue weighted by molar-refractivity contribution is 6.00. The molecule has 6 heteroatoms. The second-order valence-corrected chi connectivity index (χ2v) is 6.64. The molecule has 28 heavy (non-hydrogen) atoms. The van der Waals surface area contributed by atoms with Crippen molar-refractivity contribution in [2.75, 3.05) is 11.9 Å². The lowest BCUT2D eigenvalue weighted by atomic mass is 10.1. The third-order valence-electron chi connectivity index (χ3n) is 4.37. The molecule has 0 saturated heterocycles. The summed E-state index contributed by atoms with van der Waals surface area (Å²) in [5.41, 5.74) is 4.40. The standard InChI is InChI=1S/C22H25N3O3/c1-5-10-25-16(3)11-18(17(25)4)12-19(13-23)22(27)28-14-21(26)24-20-8-6-15(2)7-9-20/h6-9,11-12H,5,10,14H2,1-4H3,(H,24,26)/b19-12+. The fourth-order valence-corrected chi connectivity index (χ4v) is 2.88. The highest BCUT2D eigenvalue weighted by atomic mass is 16.5. The molecule has 1 amide bonds. The molecule has 1 aromatic heterocycles. The summed E-state index contributed by atoms with van der Waals surface area (Å²) in [4.78, 5) is 24.2. The fourth-order valence-electron chi connectivity index (χ4n) is 2.88. The number of ether oxygens (including phenoxy) is 1. The maximum absolute atomic E-state index is 12.2. The van der Waals surface area contributed by atoms with Crippen molar-refractivity contribution in [1.82, 2.24) is 4.57 Å². The van der Waals surface area contributed by atoms with E-state index in [1.807, 2.05) is 45.0 Å². The fraction of sp³-hybridized carbons (Fsp3) is 0.318. The van der Waals surface area contributed by atoms with Gasteiger partial charge in [-0.3, -0.25) is 4.79 Å². The van der Waals surface area contributed by atoms with Gasteiger partial charge in [-0.05, 0) is 57.0 Å². The number of hydrogen-bond donors (Lipinski definition) is 1.